The Hall–Kier alpha value is -2.15. The fourth-order valence-electron chi connectivity index (χ4n) is 2.48. The summed E-state index contributed by atoms with van der Waals surface area (Å²) in [5.74, 6) is 5.12. The number of nitrogens with one attached hydrogen (secondary N) is 1. The molecule has 7 nitrogen and oxygen atoms in total. The SMILES string of the molecule is CC1(C)CCN(C(=O)c2cccc([N+](=O)[O-])c2NN)C1. The van der Waals surface area contributed by atoms with E-state index in [-0.39, 0.29) is 28.3 Å². The van der Waals surface area contributed by atoms with E-state index in [1.54, 1.807) is 11.0 Å². The van der Waals surface area contributed by atoms with Gasteiger partial charge in [-0.3, -0.25) is 20.8 Å². The first-order chi connectivity index (χ1) is 9.35. The van der Waals surface area contributed by atoms with Gasteiger partial charge in [0.25, 0.3) is 11.6 Å². The van der Waals surface area contributed by atoms with E-state index in [4.69, 9.17) is 5.84 Å². The molecule has 0 spiro atoms. The molecule has 1 fully saturated rings. The van der Waals surface area contributed by atoms with Gasteiger partial charge in [-0.2, -0.15) is 0 Å². The Labute approximate surface area is 116 Å². The zero-order chi connectivity index (χ0) is 14.9. The van der Waals surface area contributed by atoms with E-state index in [2.05, 4.69) is 19.3 Å². The van der Waals surface area contributed by atoms with Gasteiger partial charge in [0.2, 0.25) is 0 Å². The first-order valence-electron chi connectivity index (χ1n) is 6.39. The standard InChI is InChI=1S/C13H18N4O3/c1-13(2)6-7-16(8-13)12(18)9-4-3-5-10(17(19)20)11(9)15-14/h3-5,15H,6-8,14H2,1-2H3. The van der Waals surface area contributed by atoms with Gasteiger partial charge in [-0.15, -0.1) is 0 Å². The molecule has 0 atom stereocenters. The van der Waals surface area contributed by atoms with Crippen LogP contribution in [-0.2, 0) is 0 Å². The van der Waals surface area contributed by atoms with Gasteiger partial charge < -0.3 is 10.3 Å². The summed E-state index contributed by atoms with van der Waals surface area (Å²) < 4.78 is 0. The Balaban J connectivity index is 2.36. The van der Waals surface area contributed by atoms with E-state index in [0.29, 0.717) is 13.1 Å². The minimum atomic E-state index is -0.556. The van der Waals surface area contributed by atoms with Crippen LogP contribution < -0.4 is 11.3 Å². The molecule has 20 heavy (non-hydrogen) atoms. The molecule has 1 aromatic rings. The number of nitrogens with two attached hydrogens (primary N) is 1. The molecular weight excluding hydrogens is 260 g/mol. The number of nitrogens with zero attached hydrogens (tertiary/aromatic N) is 2. The van der Waals surface area contributed by atoms with Crippen LogP contribution in [0.5, 0.6) is 0 Å². The Morgan fingerprint density at radius 3 is 2.70 bits per heavy atom. The molecule has 1 aromatic carbocycles. The largest absolute Gasteiger partial charge is 0.338 e. The average Bonchev–Trinajstić information content (AvgIpc) is 2.77. The molecule has 1 heterocycles. The number of nitrogen functional groups attached to an aromatic ring is 1. The number of hydrogen-bond acceptors (Lipinski definition) is 5. The van der Waals surface area contributed by atoms with Gasteiger partial charge in [-0.05, 0) is 17.9 Å². The number of anilines is 1. The smallest absolute Gasteiger partial charge is 0.294 e. The number of likely N-dealkylation sites (tertiary alicyclic amines) is 1. The summed E-state index contributed by atoms with van der Waals surface area (Å²) in [5.41, 5.74) is 2.46. The van der Waals surface area contributed by atoms with Crippen molar-refractivity contribution in [3.05, 3.63) is 33.9 Å². The maximum absolute atomic E-state index is 12.5. The fraction of sp³-hybridized carbons (Fsp3) is 0.462. The lowest BCUT2D eigenvalue weighted by Gasteiger charge is -2.20. The van der Waals surface area contributed by atoms with E-state index < -0.39 is 4.92 Å². The van der Waals surface area contributed by atoms with Gasteiger partial charge in [-0.25, -0.2) is 0 Å². The zero-order valence-corrected chi connectivity index (χ0v) is 11.5. The maximum Gasteiger partial charge on any atom is 0.294 e. The van der Waals surface area contributed by atoms with Crippen LogP contribution in [0.4, 0.5) is 11.4 Å². The van der Waals surface area contributed by atoms with Crippen molar-refractivity contribution in [1.82, 2.24) is 4.90 Å². The number of hydrazine groups is 1. The third-order valence-corrected chi connectivity index (χ3v) is 3.58. The highest BCUT2D eigenvalue weighted by atomic mass is 16.6. The summed E-state index contributed by atoms with van der Waals surface area (Å²) in [6.07, 6.45) is 0.916. The second-order valence-electron chi connectivity index (χ2n) is 5.74. The number of carbonyl (C=O) groups excluding carboxylic acids is 1. The lowest BCUT2D eigenvalue weighted by Crippen LogP contribution is -2.31. The summed E-state index contributed by atoms with van der Waals surface area (Å²) >= 11 is 0. The van der Waals surface area contributed by atoms with E-state index in [1.165, 1.54) is 12.1 Å². The maximum atomic E-state index is 12.5. The Morgan fingerprint density at radius 1 is 1.50 bits per heavy atom. The molecule has 0 bridgehead atoms. The Bertz CT molecular complexity index is 557. The van der Waals surface area contributed by atoms with Crippen LogP contribution >= 0.6 is 0 Å². The predicted molar refractivity (Wildman–Crippen MR) is 75.2 cm³/mol. The number of benzene rings is 1. The molecule has 0 unspecified atom stereocenters. The monoisotopic (exact) mass is 278 g/mol. The lowest BCUT2D eigenvalue weighted by atomic mass is 9.93. The van der Waals surface area contributed by atoms with E-state index in [9.17, 15) is 14.9 Å². The number of amides is 1. The second-order valence-corrected chi connectivity index (χ2v) is 5.74. The van der Waals surface area contributed by atoms with Gasteiger partial charge in [-0.1, -0.05) is 19.9 Å². The molecule has 0 aliphatic carbocycles. The van der Waals surface area contributed by atoms with Crippen molar-refractivity contribution in [2.45, 2.75) is 20.3 Å². The average molecular weight is 278 g/mol. The number of hydrogen-bond donors (Lipinski definition) is 2. The van der Waals surface area contributed by atoms with Crippen LogP contribution in [0.25, 0.3) is 0 Å². The van der Waals surface area contributed by atoms with Crippen LogP contribution in [0, 0.1) is 15.5 Å². The number of nitro groups is 1. The molecule has 1 aliphatic rings. The van der Waals surface area contributed by atoms with E-state index in [0.717, 1.165) is 6.42 Å². The summed E-state index contributed by atoms with van der Waals surface area (Å²) in [6.45, 7) is 5.47. The summed E-state index contributed by atoms with van der Waals surface area (Å²) in [6, 6.07) is 4.36. The van der Waals surface area contributed by atoms with Crippen LogP contribution in [-0.4, -0.2) is 28.8 Å². The molecule has 2 rings (SSSR count). The third kappa shape index (κ3) is 2.57. The summed E-state index contributed by atoms with van der Waals surface area (Å²) in [5, 5.41) is 11.0. The van der Waals surface area contributed by atoms with Crippen LogP contribution in [0.3, 0.4) is 0 Å². The van der Waals surface area contributed by atoms with Crippen molar-refractivity contribution in [3.63, 3.8) is 0 Å². The summed E-state index contributed by atoms with van der Waals surface area (Å²) in [7, 11) is 0. The van der Waals surface area contributed by atoms with Crippen LogP contribution in [0.15, 0.2) is 18.2 Å². The number of para-hydroxylation sites is 1. The van der Waals surface area contributed by atoms with Gasteiger partial charge in [0.15, 0.2) is 0 Å². The van der Waals surface area contributed by atoms with Crippen molar-refractivity contribution in [2.75, 3.05) is 18.5 Å². The summed E-state index contributed by atoms with van der Waals surface area (Å²) in [4.78, 5) is 24.6. The van der Waals surface area contributed by atoms with E-state index >= 15 is 0 Å². The first-order valence-corrected chi connectivity index (χ1v) is 6.39. The van der Waals surface area contributed by atoms with Gasteiger partial charge >= 0.3 is 0 Å². The molecule has 0 aromatic heterocycles. The van der Waals surface area contributed by atoms with Gasteiger partial charge in [0.05, 0.1) is 10.5 Å². The van der Waals surface area contributed by atoms with E-state index in [1.807, 2.05) is 0 Å². The van der Waals surface area contributed by atoms with Crippen molar-refractivity contribution in [3.8, 4) is 0 Å². The quantitative estimate of drug-likeness (QED) is 0.498. The molecule has 1 saturated heterocycles. The molecule has 1 amide bonds. The Kier molecular flexibility index (Phi) is 3.63. The third-order valence-electron chi connectivity index (χ3n) is 3.58. The highest BCUT2D eigenvalue weighted by Gasteiger charge is 2.34. The molecule has 7 heteroatoms. The second kappa shape index (κ2) is 5.09. The van der Waals surface area contributed by atoms with Gasteiger partial charge in [0.1, 0.15) is 5.69 Å². The van der Waals surface area contributed by atoms with Crippen molar-refractivity contribution < 1.29 is 9.72 Å². The van der Waals surface area contributed by atoms with Crippen molar-refractivity contribution in [1.29, 1.82) is 0 Å². The minimum absolute atomic E-state index is 0.0622. The first kappa shape index (κ1) is 14.3. The molecule has 108 valence electrons. The topological polar surface area (TPSA) is 102 Å². The molecule has 1 aliphatic heterocycles. The highest BCUT2D eigenvalue weighted by Crippen LogP contribution is 2.33. The van der Waals surface area contributed by atoms with Gasteiger partial charge in [0, 0.05) is 19.2 Å². The number of nitro benzene ring substituents is 1. The fourth-order valence-corrected chi connectivity index (χ4v) is 2.48. The molecule has 0 radical (unpaired) electrons. The lowest BCUT2D eigenvalue weighted by molar-refractivity contribution is -0.384. The van der Waals surface area contributed by atoms with Crippen LogP contribution in [0.1, 0.15) is 30.6 Å². The molecule has 0 saturated carbocycles. The normalized spacial score (nSPS) is 17.1. The van der Waals surface area contributed by atoms with Crippen molar-refractivity contribution >= 4 is 17.3 Å². The van der Waals surface area contributed by atoms with Crippen molar-refractivity contribution in [2.24, 2.45) is 11.3 Å². The number of carbonyl (C=O) groups is 1. The molecular formula is C13H18N4O3. The zero-order valence-electron chi connectivity index (χ0n) is 11.5. The molecule has 3 N–H and O–H groups in total. The highest BCUT2D eigenvalue weighted by molar-refractivity contribution is 6.01. The predicted octanol–water partition coefficient (Wildman–Crippen LogP) is 1.75. The number of rotatable bonds is 3. The van der Waals surface area contributed by atoms with Crippen LogP contribution in [0.2, 0.25) is 0 Å². The Morgan fingerprint density at radius 2 is 2.20 bits per heavy atom. The minimum Gasteiger partial charge on any atom is -0.338 e.